The molecule has 0 saturated heterocycles. The fourth-order valence-corrected chi connectivity index (χ4v) is 4.10. The summed E-state index contributed by atoms with van der Waals surface area (Å²) in [4.78, 5) is 16.6. The lowest BCUT2D eigenvalue weighted by Gasteiger charge is -2.27. The van der Waals surface area contributed by atoms with Gasteiger partial charge in [-0.25, -0.2) is 14.1 Å². The number of rotatable bonds is 6. The van der Waals surface area contributed by atoms with Crippen LogP contribution in [0.4, 0.5) is 8.78 Å². The predicted molar refractivity (Wildman–Crippen MR) is 106 cm³/mol. The molecule has 0 N–H and O–H groups in total. The van der Waals surface area contributed by atoms with E-state index in [1.807, 2.05) is 6.07 Å². The van der Waals surface area contributed by atoms with E-state index in [4.69, 9.17) is 0 Å². The van der Waals surface area contributed by atoms with E-state index in [2.05, 4.69) is 10.1 Å². The second kappa shape index (κ2) is 8.64. The summed E-state index contributed by atoms with van der Waals surface area (Å²) in [5, 5.41) is 4.37. The highest BCUT2D eigenvalue weighted by Gasteiger charge is 2.27. The molecule has 1 aliphatic rings. The van der Waals surface area contributed by atoms with Crippen LogP contribution in [0.1, 0.15) is 37.1 Å². The van der Waals surface area contributed by atoms with E-state index in [1.54, 1.807) is 36.5 Å². The largest absolute Gasteiger partial charge is 0.299 e. The first kappa shape index (κ1) is 19.4. The summed E-state index contributed by atoms with van der Waals surface area (Å²) in [6, 6.07) is 13.1. The minimum atomic E-state index is -0.443. The molecule has 29 heavy (non-hydrogen) atoms. The summed E-state index contributed by atoms with van der Waals surface area (Å²) in [6.45, 7) is 0. The molecular formula is C23H23F2N3O. The lowest BCUT2D eigenvalue weighted by atomic mass is 9.77. The van der Waals surface area contributed by atoms with Crippen molar-refractivity contribution >= 4 is 5.78 Å². The van der Waals surface area contributed by atoms with E-state index in [0.29, 0.717) is 17.3 Å². The van der Waals surface area contributed by atoms with Gasteiger partial charge in [-0.1, -0.05) is 18.2 Å². The molecule has 0 amide bonds. The molecule has 1 aromatic carbocycles. The average molecular weight is 395 g/mol. The van der Waals surface area contributed by atoms with E-state index in [0.717, 1.165) is 37.8 Å². The summed E-state index contributed by atoms with van der Waals surface area (Å²) >= 11 is 0. The third kappa shape index (κ3) is 4.75. The number of benzene rings is 1. The summed E-state index contributed by atoms with van der Waals surface area (Å²) in [6.07, 6.45) is 6.27. The van der Waals surface area contributed by atoms with E-state index < -0.39 is 5.95 Å². The minimum Gasteiger partial charge on any atom is -0.299 e. The standard InChI is InChI=1S/C23H23F2N3O/c24-20-5-1-2-6-21(20)28-13-12-19(27-28)15-22(29)17-10-8-16(9-11-17)14-18-4-3-7-23(25)26-18/h1-7,12-13,16-17H,8-11,14-15H2. The van der Waals surface area contributed by atoms with E-state index >= 15 is 0 Å². The Morgan fingerprint density at radius 3 is 2.52 bits per heavy atom. The zero-order valence-electron chi connectivity index (χ0n) is 16.1. The van der Waals surface area contributed by atoms with Crippen LogP contribution in [-0.2, 0) is 17.6 Å². The number of para-hydroxylation sites is 1. The quantitative estimate of drug-likeness (QED) is 0.568. The van der Waals surface area contributed by atoms with Crippen LogP contribution in [-0.4, -0.2) is 20.5 Å². The van der Waals surface area contributed by atoms with Gasteiger partial charge in [-0.05, 0) is 68.4 Å². The van der Waals surface area contributed by atoms with Gasteiger partial charge in [0.25, 0.3) is 0 Å². The Bertz CT molecular complexity index is 993. The number of pyridine rings is 1. The zero-order valence-corrected chi connectivity index (χ0v) is 16.1. The predicted octanol–water partition coefficient (Wildman–Crippen LogP) is 4.71. The number of carbonyl (C=O) groups excluding carboxylic acids is 1. The van der Waals surface area contributed by atoms with Crippen LogP contribution in [0.25, 0.3) is 5.69 Å². The molecule has 1 aliphatic carbocycles. The van der Waals surface area contributed by atoms with Gasteiger partial charge in [0.15, 0.2) is 0 Å². The fourth-order valence-electron chi connectivity index (χ4n) is 4.10. The number of hydrogen-bond acceptors (Lipinski definition) is 3. The van der Waals surface area contributed by atoms with Crippen molar-refractivity contribution in [1.29, 1.82) is 0 Å². The number of hydrogen-bond donors (Lipinski definition) is 0. The maximum atomic E-state index is 13.9. The molecule has 1 saturated carbocycles. The maximum Gasteiger partial charge on any atom is 0.213 e. The topological polar surface area (TPSA) is 47.8 Å². The van der Waals surface area contributed by atoms with Crippen LogP contribution >= 0.6 is 0 Å². The molecule has 0 radical (unpaired) electrons. The van der Waals surface area contributed by atoms with Crippen molar-refractivity contribution in [1.82, 2.24) is 14.8 Å². The number of carbonyl (C=O) groups is 1. The first-order valence-electron chi connectivity index (χ1n) is 10.0. The highest BCUT2D eigenvalue weighted by molar-refractivity contribution is 5.83. The molecule has 2 aromatic heterocycles. The number of Topliss-reactive ketones (excluding diaryl/α,β-unsaturated/α-hetero) is 1. The van der Waals surface area contributed by atoms with Crippen molar-refractivity contribution in [3.63, 3.8) is 0 Å². The number of ketones is 1. The monoisotopic (exact) mass is 395 g/mol. The van der Waals surface area contributed by atoms with Crippen LogP contribution in [0.15, 0.2) is 54.7 Å². The van der Waals surface area contributed by atoms with Gasteiger partial charge in [0.2, 0.25) is 5.95 Å². The van der Waals surface area contributed by atoms with Crippen molar-refractivity contribution < 1.29 is 13.6 Å². The van der Waals surface area contributed by atoms with Gasteiger partial charge in [0.05, 0.1) is 12.1 Å². The van der Waals surface area contributed by atoms with Gasteiger partial charge in [0, 0.05) is 17.8 Å². The molecule has 150 valence electrons. The maximum absolute atomic E-state index is 13.9. The molecular weight excluding hydrogens is 372 g/mol. The highest BCUT2D eigenvalue weighted by Crippen LogP contribution is 2.32. The lowest BCUT2D eigenvalue weighted by molar-refractivity contribution is -0.123. The molecule has 0 unspecified atom stereocenters. The molecule has 4 rings (SSSR count). The number of aromatic nitrogens is 3. The second-order valence-electron chi connectivity index (χ2n) is 7.72. The van der Waals surface area contributed by atoms with E-state index in [1.165, 1.54) is 16.8 Å². The smallest absolute Gasteiger partial charge is 0.213 e. The molecule has 1 fully saturated rings. The molecule has 0 atom stereocenters. The Balaban J connectivity index is 1.31. The summed E-state index contributed by atoms with van der Waals surface area (Å²) in [7, 11) is 0. The molecule has 4 nitrogen and oxygen atoms in total. The summed E-state index contributed by atoms with van der Waals surface area (Å²) in [5.74, 6) is -0.133. The van der Waals surface area contributed by atoms with E-state index in [-0.39, 0.29) is 23.9 Å². The van der Waals surface area contributed by atoms with Gasteiger partial charge in [-0.15, -0.1) is 0 Å². The SMILES string of the molecule is O=C(Cc1ccn(-c2ccccc2F)n1)C1CCC(Cc2cccc(F)n2)CC1. The van der Waals surface area contributed by atoms with E-state index in [9.17, 15) is 13.6 Å². The summed E-state index contributed by atoms with van der Waals surface area (Å²) < 4.78 is 28.6. The molecule has 0 spiro atoms. The third-order valence-electron chi connectivity index (χ3n) is 5.67. The first-order chi connectivity index (χ1) is 14.1. The normalized spacial score (nSPS) is 19.2. The van der Waals surface area contributed by atoms with Crippen LogP contribution < -0.4 is 0 Å². The molecule has 6 heteroatoms. The second-order valence-corrected chi connectivity index (χ2v) is 7.72. The van der Waals surface area contributed by atoms with Crippen molar-refractivity contribution in [3.8, 4) is 5.69 Å². The van der Waals surface area contributed by atoms with Crippen LogP contribution in [0.3, 0.4) is 0 Å². The Morgan fingerprint density at radius 2 is 1.76 bits per heavy atom. The van der Waals surface area contributed by atoms with Gasteiger partial charge in [0.1, 0.15) is 17.3 Å². The number of nitrogens with zero attached hydrogens (tertiary/aromatic N) is 3. The minimum absolute atomic E-state index is 0.0327. The Hall–Kier alpha value is -2.89. The van der Waals surface area contributed by atoms with Gasteiger partial charge in [-0.3, -0.25) is 4.79 Å². The fraction of sp³-hybridized carbons (Fsp3) is 0.348. The van der Waals surface area contributed by atoms with Crippen LogP contribution in [0.5, 0.6) is 0 Å². The average Bonchev–Trinajstić information content (AvgIpc) is 3.17. The number of halogens is 2. The van der Waals surface area contributed by atoms with Crippen molar-refractivity contribution in [3.05, 3.63) is 77.9 Å². The Kier molecular flexibility index (Phi) is 5.79. The third-order valence-corrected chi connectivity index (χ3v) is 5.67. The van der Waals surface area contributed by atoms with Gasteiger partial charge >= 0.3 is 0 Å². The van der Waals surface area contributed by atoms with Crippen molar-refractivity contribution in [2.45, 2.75) is 38.5 Å². The Labute approximate surface area is 168 Å². The Morgan fingerprint density at radius 1 is 0.966 bits per heavy atom. The van der Waals surface area contributed by atoms with Crippen LogP contribution in [0.2, 0.25) is 0 Å². The first-order valence-corrected chi connectivity index (χ1v) is 10.0. The van der Waals surface area contributed by atoms with Crippen molar-refractivity contribution in [2.75, 3.05) is 0 Å². The zero-order chi connectivity index (χ0) is 20.2. The molecule has 0 aliphatic heterocycles. The molecule has 3 aromatic rings. The van der Waals surface area contributed by atoms with Crippen LogP contribution in [0, 0.1) is 23.6 Å². The molecule has 0 bridgehead atoms. The van der Waals surface area contributed by atoms with Gasteiger partial charge in [-0.2, -0.15) is 9.49 Å². The lowest BCUT2D eigenvalue weighted by Crippen LogP contribution is -2.24. The summed E-state index contributed by atoms with van der Waals surface area (Å²) in [5.41, 5.74) is 1.81. The highest BCUT2D eigenvalue weighted by atomic mass is 19.1. The van der Waals surface area contributed by atoms with Gasteiger partial charge < -0.3 is 0 Å². The van der Waals surface area contributed by atoms with Crippen molar-refractivity contribution in [2.24, 2.45) is 11.8 Å². The molecule has 2 heterocycles.